The van der Waals surface area contributed by atoms with Gasteiger partial charge in [-0.05, 0) is 39.8 Å². The van der Waals surface area contributed by atoms with Gasteiger partial charge in [0.25, 0.3) is 0 Å². The predicted octanol–water partition coefficient (Wildman–Crippen LogP) is 3.35. The summed E-state index contributed by atoms with van der Waals surface area (Å²) < 4.78 is 39.0. The summed E-state index contributed by atoms with van der Waals surface area (Å²) in [4.78, 5) is 0. The van der Waals surface area contributed by atoms with Crippen molar-refractivity contribution in [2.75, 3.05) is 0 Å². The minimum atomic E-state index is -6.00. The number of rotatable bonds is 0. The Kier molecular flexibility index (Phi) is 10.4. The van der Waals surface area contributed by atoms with Gasteiger partial charge in [0.1, 0.15) is 0 Å². The van der Waals surface area contributed by atoms with Gasteiger partial charge in [-0.15, -0.1) is 0 Å². The van der Waals surface area contributed by atoms with Crippen LogP contribution in [0.1, 0.15) is 22.8 Å². The van der Waals surface area contributed by atoms with Crippen LogP contribution < -0.4 is 0 Å². The van der Waals surface area contributed by atoms with Crippen LogP contribution in [-0.4, -0.2) is 27.6 Å². The second-order valence-corrected chi connectivity index (χ2v) is 3.88. The number of aromatic nitrogens is 4. The Balaban J connectivity index is 0. The SMILES string of the molecule is Cc1cc(C)[nH]n1.Cc1cc(C)[nH]n1.F[B-](F)(F)F.[Au+]. The molecule has 0 aromatic carbocycles. The number of nitrogens with one attached hydrogen (secondary N) is 2. The molecule has 2 aromatic rings. The van der Waals surface area contributed by atoms with Gasteiger partial charge in [-0.25, -0.2) is 0 Å². The van der Waals surface area contributed by atoms with Crippen molar-refractivity contribution in [1.29, 1.82) is 0 Å². The molecule has 0 saturated carbocycles. The van der Waals surface area contributed by atoms with Crippen LogP contribution in [0.4, 0.5) is 17.3 Å². The number of H-pyrrole nitrogens is 2. The van der Waals surface area contributed by atoms with Gasteiger partial charge in [-0.1, -0.05) is 0 Å². The van der Waals surface area contributed by atoms with E-state index in [1.165, 1.54) is 0 Å². The third-order valence-corrected chi connectivity index (χ3v) is 1.67. The van der Waals surface area contributed by atoms with E-state index in [-0.39, 0.29) is 22.4 Å². The first-order valence-electron chi connectivity index (χ1n) is 5.42. The number of hydrogen-bond acceptors (Lipinski definition) is 2. The summed E-state index contributed by atoms with van der Waals surface area (Å²) in [6.07, 6.45) is 0. The van der Waals surface area contributed by atoms with Crippen LogP contribution in [0.15, 0.2) is 12.1 Å². The Hall–Kier alpha value is -1.05. The van der Waals surface area contributed by atoms with Crippen LogP contribution in [0, 0.1) is 27.7 Å². The van der Waals surface area contributed by atoms with Crippen molar-refractivity contribution in [1.82, 2.24) is 20.4 Å². The third-order valence-electron chi connectivity index (χ3n) is 1.67. The summed E-state index contributed by atoms with van der Waals surface area (Å²) in [5.41, 5.74) is 4.35. The maximum Gasteiger partial charge on any atom is 1.00 e. The molecule has 0 fully saturated rings. The number of nitrogens with zero attached hydrogens (tertiary/aromatic N) is 2. The summed E-state index contributed by atoms with van der Waals surface area (Å²) in [6.45, 7) is 7.90. The van der Waals surface area contributed by atoms with Crippen molar-refractivity contribution >= 4 is 7.25 Å². The average molecular weight is 476 g/mol. The van der Waals surface area contributed by atoms with Gasteiger partial charge >= 0.3 is 29.6 Å². The van der Waals surface area contributed by atoms with Crippen LogP contribution in [0.2, 0.25) is 0 Å². The van der Waals surface area contributed by atoms with Crippen LogP contribution in [0.5, 0.6) is 0 Å². The number of halogens is 4. The van der Waals surface area contributed by atoms with Gasteiger partial charge in [0.05, 0.1) is 11.4 Å². The number of aryl methyl sites for hydroxylation is 4. The van der Waals surface area contributed by atoms with Gasteiger partial charge in [0, 0.05) is 11.4 Å². The Morgan fingerprint density at radius 2 is 1.05 bits per heavy atom. The number of aromatic amines is 2. The smallest absolute Gasteiger partial charge is 0.418 e. The van der Waals surface area contributed by atoms with E-state index in [0.29, 0.717) is 0 Å². The quantitative estimate of drug-likeness (QED) is 0.453. The van der Waals surface area contributed by atoms with Crippen molar-refractivity contribution in [2.24, 2.45) is 0 Å². The molecule has 2 rings (SSSR count). The molecule has 2 N–H and O–H groups in total. The molecule has 0 aliphatic carbocycles. The molecule has 0 aliphatic rings. The Morgan fingerprint density at radius 3 is 1.10 bits per heavy atom. The topological polar surface area (TPSA) is 57.4 Å². The van der Waals surface area contributed by atoms with E-state index < -0.39 is 7.25 Å². The van der Waals surface area contributed by atoms with Gasteiger partial charge in [-0.2, -0.15) is 10.2 Å². The van der Waals surface area contributed by atoms with Gasteiger partial charge in [-0.3, -0.25) is 10.2 Å². The zero-order valence-corrected chi connectivity index (χ0v) is 13.6. The molecule has 4 nitrogen and oxygen atoms in total. The molecule has 0 spiro atoms. The average Bonchev–Trinajstić information content (AvgIpc) is 2.74. The van der Waals surface area contributed by atoms with Crippen molar-refractivity contribution in [3.8, 4) is 0 Å². The first-order valence-corrected chi connectivity index (χ1v) is 5.42. The van der Waals surface area contributed by atoms with Gasteiger partial charge in [0.2, 0.25) is 0 Å². The van der Waals surface area contributed by atoms with E-state index in [1.807, 2.05) is 39.8 Å². The summed E-state index contributed by atoms with van der Waals surface area (Å²) in [6, 6.07) is 4.00. The van der Waals surface area contributed by atoms with Crippen LogP contribution in [0.3, 0.4) is 0 Å². The molecule has 2 aromatic heterocycles. The fraction of sp³-hybridized carbons (Fsp3) is 0.400. The van der Waals surface area contributed by atoms with Crippen molar-refractivity contribution < 1.29 is 39.6 Å². The minimum absolute atomic E-state index is 0. The Labute approximate surface area is 130 Å². The standard InChI is InChI=1S/2C5H8N2.Au.BF4/c2*1-4-3-5(2)7-6-4;;2-1(3,4)5/h2*3H,1-2H3,(H,6,7);;/q;;+1;-1. The monoisotopic (exact) mass is 476 g/mol. The van der Waals surface area contributed by atoms with Crippen molar-refractivity contribution in [2.45, 2.75) is 27.7 Å². The van der Waals surface area contributed by atoms with Crippen LogP contribution in [0.25, 0.3) is 0 Å². The summed E-state index contributed by atoms with van der Waals surface area (Å²) >= 11 is 0. The van der Waals surface area contributed by atoms with E-state index in [4.69, 9.17) is 0 Å². The predicted molar refractivity (Wildman–Crippen MR) is 66.3 cm³/mol. The molecule has 0 bridgehead atoms. The summed E-state index contributed by atoms with van der Waals surface area (Å²) in [7, 11) is -6.00. The second kappa shape index (κ2) is 9.79. The fourth-order valence-electron chi connectivity index (χ4n) is 1.11. The zero-order valence-electron chi connectivity index (χ0n) is 11.4. The first-order chi connectivity index (χ1) is 8.58. The van der Waals surface area contributed by atoms with E-state index >= 15 is 0 Å². The first kappa shape index (κ1) is 21.2. The largest absolute Gasteiger partial charge is 1.00 e. The van der Waals surface area contributed by atoms with E-state index in [2.05, 4.69) is 20.4 Å². The molecular formula is C10H16AuBF4N4. The Morgan fingerprint density at radius 1 is 0.800 bits per heavy atom. The minimum Gasteiger partial charge on any atom is -0.418 e. The second-order valence-electron chi connectivity index (χ2n) is 3.88. The van der Waals surface area contributed by atoms with E-state index in [9.17, 15) is 17.3 Å². The third kappa shape index (κ3) is 15.0. The zero-order chi connectivity index (χ0) is 15.1. The summed E-state index contributed by atoms with van der Waals surface area (Å²) in [5.74, 6) is 0. The molecule has 0 saturated heterocycles. The molecule has 118 valence electrons. The molecule has 0 atom stereocenters. The van der Waals surface area contributed by atoms with Gasteiger partial charge < -0.3 is 17.3 Å². The molecular weight excluding hydrogens is 460 g/mol. The maximum atomic E-state index is 9.75. The molecule has 2 heterocycles. The molecule has 0 amide bonds. The Bertz CT molecular complexity index is 406. The van der Waals surface area contributed by atoms with Crippen LogP contribution in [-0.2, 0) is 22.4 Å². The fourth-order valence-corrected chi connectivity index (χ4v) is 1.11. The van der Waals surface area contributed by atoms with Crippen molar-refractivity contribution in [3.63, 3.8) is 0 Å². The number of hydrogen-bond donors (Lipinski definition) is 2. The van der Waals surface area contributed by atoms with Crippen LogP contribution >= 0.6 is 0 Å². The van der Waals surface area contributed by atoms with Crippen molar-refractivity contribution in [3.05, 3.63) is 34.9 Å². The maximum absolute atomic E-state index is 9.75. The molecule has 0 unspecified atom stereocenters. The van der Waals surface area contributed by atoms with Gasteiger partial charge in [0.15, 0.2) is 0 Å². The van der Waals surface area contributed by atoms with E-state index in [1.54, 1.807) is 0 Å². The van der Waals surface area contributed by atoms with E-state index in [0.717, 1.165) is 22.8 Å². The molecule has 20 heavy (non-hydrogen) atoms. The summed E-state index contributed by atoms with van der Waals surface area (Å²) in [5, 5.41) is 13.4. The molecule has 0 aliphatic heterocycles. The molecule has 0 radical (unpaired) electrons. The molecule has 10 heteroatoms. The normalized spacial score (nSPS) is 9.60.